The molecular weight excluding hydrogens is 474 g/mol. The number of carbonyl (C=O) groups is 1. The number of halogens is 1. The van der Waals surface area contributed by atoms with Crippen molar-refractivity contribution in [3.8, 4) is 5.69 Å². The average Bonchev–Trinajstić information content (AvgIpc) is 3.14. The summed E-state index contributed by atoms with van der Waals surface area (Å²) in [5.41, 5.74) is 5.77. The van der Waals surface area contributed by atoms with Gasteiger partial charge in [0, 0.05) is 24.5 Å². The molecule has 5 rings (SSSR count). The van der Waals surface area contributed by atoms with E-state index in [9.17, 15) is 9.59 Å². The van der Waals surface area contributed by atoms with Gasteiger partial charge in [-0.25, -0.2) is 4.79 Å². The maximum atomic E-state index is 13.6. The topological polar surface area (TPSA) is 81.8 Å². The van der Waals surface area contributed by atoms with E-state index in [1.54, 1.807) is 23.0 Å². The van der Waals surface area contributed by atoms with Crippen LogP contribution in [0.1, 0.15) is 53.0 Å². The van der Waals surface area contributed by atoms with Crippen LogP contribution in [0.4, 0.5) is 0 Å². The molecule has 3 aromatic heterocycles. The summed E-state index contributed by atoms with van der Waals surface area (Å²) in [4.78, 5) is 35.0. The Morgan fingerprint density at radius 1 is 1.00 bits per heavy atom. The molecule has 1 aromatic carbocycles. The van der Waals surface area contributed by atoms with Crippen LogP contribution in [0.2, 0.25) is 5.02 Å². The first-order valence-electron chi connectivity index (χ1n) is 12.4. The minimum absolute atomic E-state index is 0.0411. The Bertz CT molecular complexity index is 1500. The van der Waals surface area contributed by atoms with E-state index in [0.29, 0.717) is 28.7 Å². The number of imidazole rings is 1. The lowest BCUT2D eigenvalue weighted by Gasteiger charge is -2.29. The first-order valence-corrected chi connectivity index (χ1v) is 12.8. The van der Waals surface area contributed by atoms with Gasteiger partial charge in [0.1, 0.15) is 0 Å². The van der Waals surface area contributed by atoms with E-state index in [1.807, 2.05) is 55.7 Å². The van der Waals surface area contributed by atoms with Crippen LogP contribution in [0.15, 0.2) is 53.6 Å². The molecule has 0 spiro atoms. The molecule has 3 heterocycles. The third-order valence-corrected chi connectivity index (χ3v) is 7.55. The van der Waals surface area contributed by atoms with Crippen LogP contribution in [0.3, 0.4) is 0 Å². The number of aromatic nitrogens is 4. The number of hydrogen-bond acceptors (Lipinski definition) is 4. The minimum Gasteiger partial charge on any atom is -0.349 e. The van der Waals surface area contributed by atoms with Crippen molar-refractivity contribution in [3.63, 3.8) is 0 Å². The Morgan fingerprint density at radius 2 is 1.69 bits per heavy atom. The summed E-state index contributed by atoms with van der Waals surface area (Å²) in [7, 11) is 0. The summed E-state index contributed by atoms with van der Waals surface area (Å²) >= 11 is 6.03. The van der Waals surface area contributed by atoms with Gasteiger partial charge in [0.2, 0.25) is 0 Å². The lowest BCUT2D eigenvalue weighted by molar-refractivity contribution is 0.0919. The van der Waals surface area contributed by atoms with Crippen LogP contribution < -0.4 is 11.0 Å². The highest BCUT2D eigenvalue weighted by Crippen LogP contribution is 2.28. The van der Waals surface area contributed by atoms with E-state index < -0.39 is 0 Å². The van der Waals surface area contributed by atoms with Crippen molar-refractivity contribution in [1.29, 1.82) is 0 Å². The third-order valence-electron chi connectivity index (χ3n) is 7.34. The van der Waals surface area contributed by atoms with E-state index in [1.165, 1.54) is 0 Å². The summed E-state index contributed by atoms with van der Waals surface area (Å²) < 4.78 is 3.66. The molecule has 1 amide bonds. The molecular formula is C28H30ClN5O2. The Kier molecular flexibility index (Phi) is 6.67. The third kappa shape index (κ3) is 4.67. The zero-order chi connectivity index (χ0) is 25.4. The van der Waals surface area contributed by atoms with Gasteiger partial charge in [-0.15, -0.1) is 0 Å². The number of benzene rings is 1. The number of pyridine rings is 2. The molecule has 0 bridgehead atoms. The van der Waals surface area contributed by atoms with Gasteiger partial charge in [-0.1, -0.05) is 23.7 Å². The van der Waals surface area contributed by atoms with E-state index in [0.717, 1.165) is 53.7 Å². The zero-order valence-electron chi connectivity index (χ0n) is 20.8. The molecule has 0 unspecified atom stereocenters. The van der Waals surface area contributed by atoms with Gasteiger partial charge in [0.25, 0.3) is 5.91 Å². The molecule has 4 aromatic rings. The van der Waals surface area contributed by atoms with Crippen molar-refractivity contribution in [2.24, 2.45) is 5.92 Å². The predicted molar refractivity (Wildman–Crippen MR) is 142 cm³/mol. The molecule has 1 aliphatic rings. The number of hydrogen-bond donors (Lipinski definition) is 1. The van der Waals surface area contributed by atoms with Crippen molar-refractivity contribution in [1.82, 2.24) is 24.4 Å². The number of nitrogens with one attached hydrogen (secondary N) is 1. The number of para-hydroxylation sites is 2. The molecule has 1 aliphatic carbocycles. The summed E-state index contributed by atoms with van der Waals surface area (Å²) in [6.07, 6.45) is 6.94. The van der Waals surface area contributed by atoms with Crippen LogP contribution in [0.25, 0.3) is 16.7 Å². The molecule has 1 N–H and O–H groups in total. The lowest BCUT2D eigenvalue weighted by atomic mass is 9.85. The van der Waals surface area contributed by atoms with Crippen LogP contribution in [-0.4, -0.2) is 31.1 Å². The maximum Gasteiger partial charge on any atom is 0.333 e. The van der Waals surface area contributed by atoms with Crippen LogP contribution >= 0.6 is 11.6 Å². The van der Waals surface area contributed by atoms with Gasteiger partial charge < -0.3 is 5.32 Å². The standard InChI is InChI=1S/C28H30ClN5O2/c1-17-12-23(15-31-18(17)2)34-26-7-5-4-6-25(26)33(28(34)36)16-20-8-10-22(11-9-20)32-27(35)24-13-21(29)14-30-19(24)3/h4-7,12-15,20,22H,8-11,16H2,1-3H3,(H,32,35). The number of amides is 1. The number of rotatable bonds is 5. The second-order valence-corrected chi connectivity index (χ2v) is 10.2. The maximum absolute atomic E-state index is 13.6. The molecule has 7 nitrogen and oxygen atoms in total. The first-order chi connectivity index (χ1) is 17.3. The summed E-state index contributed by atoms with van der Waals surface area (Å²) in [5, 5.41) is 3.60. The Morgan fingerprint density at radius 3 is 2.42 bits per heavy atom. The lowest BCUT2D eigenvalue weighted by Crippen LogP contribution is -2.39. The fourth-order valence-electron chi connectivity index (χ4n) is 5.13. The van der Waals surface area contributed by atoms with Gasteiger partial charge in [-0.05, 0) is 82.2 Å². The summed E-state index contributed by atoms with van der Waals surface area (Å²) in [6, 6.07) is 11.7. The number of aryl methyl sites for hydroxylation is 3. The summed E-state index contributed by atoms with van der Waals surface area (Å²) in [5.74, 6) is 0.231. The SMILES string of the molecule is Cc1cc(-n2c(=O)n(CC3CCC(NC(=O)c4cc(Cl)cnc4C)CC3)c3ccccc32)cnc1C. The second-order valence-electron chi connectivity index (χ2n) is 9.79. The molecule has 36 heavy (non-hydrogen) atoms. The van der Waals surface area contributed by atoms with Crippen molar-refractivity contribution in [3.05, 3.63) is 86.8 Å². The van der Waals surface area contributed by atoms with Crippen molar-refractivity contribution >= 4 is 28.5 Å². The Balaban J connectivity index is 1.32. The van der Waals surface area contributed by atoms with E-state index in [-0.39, 0.29) is 17.6 Å². The van der Waals surface area contributed by atoms with E-state index in [2.05, 4.69) is 15.3 Å². The molecule has 0 saturated heterocycles. The average molecular weight is 504 g/mol. The molecule has 0 aliphatic heterocycles. The quantitative estimate of drug-likeness (QED) is 0.408. The Labute approximate surface area is 215 Å². The fourth-order valence-corrected chi connectivity index (χ4v) is 5.29. The normalized spacial score (nSPS) is 17.9. The fraction of sp³-hybridized carbons (Fsp3) is 0.357. The van der Waals surface area contributed by atoms with Crippen LogP contribution in [0, 0.1) is 26.7 Å². The zero-order valence-corrected chi connectivity index (χ0v) is 21.5. The Hall–Kier alpha value is -3.45. The first kappa shape index (κ1) is 24.3. The van der Waals surface area contributed by atoms with Crippen LogP contribution in [-0.2, 0) is 6.54 Å². The molecule has 1 saturated carbocycles. The van der Waals surface area contributed by atoms with Gasteiger partial charge in [0.05, 0.1) is 39.2 Å². The molecule has 1 fully saturated rings. The van der Waals surface area contributed by atoms with Crippen molar-refractivity contribution in [2.75, 3.05) is 0 Å². The monoisotopic (exact) mass is 503 g/mol. The molecule has 0 atom stereocenters. The van der Waals surface area contributed by atoms with Gasteiger partial charge >= 0.3 is 5.69 Å². The van der Waals surface area contributed by atoms with Gasteiger partial charge in [0.15, 0.2) is 0 Å². The van der Waals surface area contributed by atoms with Crippen molar-refractivity contribution in [2.45, 2.75) is 59.0 Å². The molecule has 8 heteroatoms. The largest absolute Gasteiger partial charge is 0.349 e. The highest BCUT2D eigenvalue weighted by atomic mass is 35.5. The number of carbonyl (C=O) groups excluding carboxylic acids is 1. The number of fused-ring (bicyclic) bond motifs is 1. The summed E-state index contributed by atoms with van der Waals surface area (Å²) in [6.45, 7) is 6.45. The smallest absolute Gasteiger partial charge is 0.333 e. The van der Waals surface area contributed by atoms with Gasteiger partial charge in [-0.2, -0.15) is 0 Å². The van der Waals surface area contributed by atoms with Gasteiger partial charge in [-0.3, -0.25) is 23.9 Å². The number of nitrogens with zero attached hydrogens (tertiary/aromatic N) is 4. The van der Waals surface area contributed by atoms with E-state index >= 15 is 0 Å². The molecule has 186 valence electrons. The second kappa shape index (κ2) is 9.90. The highest BCUT2D eigenvalue weighted by molar-refractivity contribution is 6.30. The highest BCUT2D eigenvalue weighted by Gasteiger charge is 2.25. The van der Waals surface area contributed by atoms with Crippen molar-refractivity contribution < 1.29 is 4.79 Å². The van der Waals surface area contributed by atoms with Crippen LogP contribution in [0.5, 0.6) is 0 Å². The predicted octanol–water partition coefficient (Wildman–Crippen LogP) is 5.15. The molecule has 0 radical (unpaired) electrons. The van der Waals surface area contributed by atoms with E-state index in [4.69, 9.17) is 11.6 Å². The minimum atomic E-state index is -0.132.